The third-order valence-corrected chi connectivity index (χ3v) is 7.97. The van der Waals surface area contributed by atoms with E-state index in [2.05, 4.69) is 0 Å². The van der Waals surface area contributed by atoms with Crippen molar-refractivity contribution in [3.05, 3.63) is 107 Å². The molecule has 0 bridgehead atoms. The maximum absolute atomic E-state index is 14.0. The summed E-state index contributed by atoms with van der Waals surface area (Å²) >= 11 is 5.99. The fraction of sp³-hybridized carbons (Fsp3) is 0.0714. The van der Waals surface area contributed by atoms with E-state index in [0.29, 0.717) is 27.1 Å². The summed E-state index contributed by atoms with van der Waals surface area (Å²) in [5, 5.41) is 2.29. The number of fused-ring (bicyclic) bond motifs is 2. The molecule has 37 heavy (non-hydrogen) atoms. The van der Waals surface area contributed by atoms with E-state index in [1.54, 1.807) is 25.1 Å². The highest BCUT2D eigenvalue weighted by Gasteiger charge is 2.33. The molecule has 0 N–H and O–H groups in total. The molecule has 0 aliphatic rings. The number of nitrogens with zero attached hydrogens (tertiary/aromatic N) is 1. The molecule has 5 rings (SSSR count). The predicted octanol–water partition coefficient (Wildman–Crippen LogP) is 6.37. The van der Waals surface area contributed by atoms with Crippen LogP contribution in [0.5, 0.6) is 0 Å². The Balaban J connectivity index is 1.73. The molecule has 0 spiro atoms. The molecular weight excluding hydrogens is 514 g/mol. The highest BCUT2D eigenvalue weighted by atomic mass is 35.5. The van der Waals surface area contributed by atoms with Gasteiger partial charge in [-0.2, -0.15) is 4.31 Å². The molecule has 0 radical (unpaired) electrons. The number of methoxy groups -OCH3 is 1. The zero-order chi connectivity index (χ0) is 26.3. The van der Waals surface area contributed by atoms with E-state index >= 15 is 0 Å². The van der Waals surface area contributed by atoms with Crippen LogP contribution in [0.3, 0.4) is 0 Å². The van der Waals surface area contributed by atoms with Gasteiger partial charge in [0.15, 0.2) is 0 Å². The van der Waals surface area contributed by atoms with Crippen LogP contribution in [0.2, 0.25) is 5.02 Å². The number of furan rings is 1. The molecule has 5 aromatic rings. The van der Waals surface area contributed by atoms with Gasteiger partial charge >= 0.3 is 5.97 Å². The zero-order valence-corrected chi connectivity index (χ0v) is 21.3. The average Bonchev–Trinajstić information content (AvgIpc) is 3.23. The second kappa shape index (κ2) is 9.38. The number of benzene rings is 4. The fourth-order valence-corrected chi connectivity index (χ4v) is 5.77. The van der Waals surface area contributed by atoms with Crippen molar-refractivity contribution >= 4 is 60.9 Å². The van der Waals surface area contributed by atoms with Crippen molar-refractivity contribution in [3.63, 3.8) is 0 Å². The summed E-state index contributed by atoms with van der Waals surface area (Å²) in [5.41, 5.74) is 0.655. The lowest BCUT2D eigenvalue weighted by atomic mass is 10.1. The number of hydrogen-bond donors (Lipinski definition) is 0. The zero-order valence-electron chi connectivity index (χ0n) is 19.8. The van der Waals surface area contributed by atoms with Crippen LogP contribution in [0.15, 0.2) is 94.2 Å². The van der Waals surface area contributed by atoms with Gasteiger partial charge in [-0.1, -0.05) is 41.9 Å². The van der Waals surface area contributed by atoms with Crippen LogP contribution in [-0.2, 0) is 14.8 Å². The van der Waals surface area contributed by atoms with Crippen molar-refractivity contribution in [1.82, 2.24) is 0 Å². The summed E-state index contributed by atoms with van der Waals surface area (Å²) in [5.74, 6) is -1.11. The van der Waals surface area contributed by atoms with E-state index in [1.807, 2.05) is 12.1 Å². The summed E-state index contributed by atoms with van der Waals surface area (Å²) in [7, 11) is -3.16. The molecule has 0 saturated heterocycles. The van der Waals surface area contributed by atoms with Gasteiger partial charge < -0.3 is 9.15 Å². The lowest BCUT2D eigenvalue weighted by Gasteiger charge is -2.23. The van der Waals surface area contributed by atoms with E-state index in [1.165, 1.54) is 61.7 Å². The number of carbonyl (C=O) groups is 2. The molecular formula is C28H20ClNO6S. The van der Waals surface area contributed by atoms with Crippen molar-refractivity contribution < 1.29 is 27.2 Å². The van der Waals surface area contributed by atoms with E-state index < -0.39 is 21.9 Å². The molecule has 0 unspecified atom stereocenters. The summed E-state index contributed by atoms with van der Waals surface area (Å²) in [4.78, 5) is 26.1. The average molecular weight is 534 g/mol. The van der Waals surface area contributed by atoms with Crippen LogP contribution < -0.4 is 4.31 Å². The quantitative estimate of drug-likeness (QED) is 0.244. The third kappa shape index (κ3) is 4.34. The molecule has 9 heteroatoms. The first kappa shape index (κ1) is 24.5. The first-order valence-electron chi connectivity index (χ1n) is 11.2. The number of rotatable bonds is 5. The van der Waals surface area contributed by atoms with E-state index in [0.717, 1.165) is 9.69 Å². The molecule has 0 aliphatic carbocycles. The van der Waals surface area contributed by atoms with Crippen LogP contribution in [0.25, 0.3) is 21.7 Å². The van der Waals surface area contributed by atoms with Crippen molar-refractivity contribution in [3.8, 4) is 0 Å². The van der Waals surface area contributed by atoms with Crippen molar-refractivity contribution in [2.24, 2.45) is 0 Å². The number of ether oxygens (including phenoxy) is 1. The van der Waals surface area contributed by atoms with Gasteiger partial charge in [-0.3, -0.25) is 4.79 Å². The first-order chi connectivity index (χ1) is 17.7. The Hall–Kier alpha value is -4.14. The summed E-state index contributed by atoms with van der Waals surface area (Å²) in [6.45, 7) is 1.61. The minimum absolute atomic E-state index is 0.0339. The van der Waals surface area contributed by atoms with E-state index in [4.69, 9.17) is 20.8 Å². The second-order valence-electron chi connectivity index (χ2n) is 8.30. The van der Waals surface area contributed by atoms with E-state index in [-0.39, 0.29) is 21.7 Å². The Morgan fingerprint density at radius 1 is 0.892 bits per heavy atom. The lowest BCUT2D eigenvalue weighted by molar-refractivity contribution is 0.0600. The lowest BCUT2D eigenvalue weighted by Crippen LogP contribution is -2.37. The molecule has 0 fully saturated rings. The van der Waals surface area contributed by atoms with Crippen LogP contribution in [-0.4, -0.2) is 27.4 Å². The molecule has 0 aliphatic heterocycles. The van der Waals surface area contributed by atoms with Gasteiger partial charge in [0, 0.05) is 16.0 Å². The Morgan fingerprint density at radius 3 is 2.30 bits per heavy atom. The Morgan fingerprint density at radius 2 is 1.59 bits per heavy atom. The Kier molecular flexibility index (Phi) is 6.23. The molecule has 0 saturated carbocycles. The minimum atomic E-state index is -4.40. The predicted molar refractivity (Wildman–Crippen MR) is 142 cm³/mol. The number of sulfonamides is 1. The smallest absolute Gasteiger partial charge is 0.342 e. The molecule has 4 aromatic carbocycles. The highest BCUT2D eigenvalue weighted by molar-refractivity contribution is 7.93. The number of amides is 1. The van der Waals surface area contributed by atoms with Gasteiger partial charge in [-0.15, -0.1) is 0 Å². The van der Waals surface area contributed by atoms with Crippen LogP contribution in [0.4, 0.5) is 5.69 Å². The van der Waals surface area contributed by atoms with Gasteiger partial charge in [0.05, 0.1) is 17.7 Å². The molecule has 1 heterocycles. The SMILES string of the molecule is COC(=O)c1c(C)oc2ccc(N(C(=O)c3ccc(Cl)cc3)S(=O)(=O)c3ccc4ccccc4c3)cc12. The van der Waals surface area contributed by atoms with Crippen molar-refractivity contribution in [2.75, 3.05) is 11.4 Å². The van der Waals surface area contributed by atoms with Gasteiger partial charge in [-0.05, 0) is 72.3 Å². The number of halogens is 1. The first-order valence-corrected chi connectivity index (χ1v) is 13.0. The van der Waals surface area contributed by atoms with Gasteiger partial charge in [0.25, 0.3) is 15.9 Å². The monoisotopic (exact) mass is 533 g/mol. The minimum Gasteiger partial charge on any atom is -0.465 e. The van der Waals surface area contributed by atoms with E-state index in [9.17, 15) is 18.0 Å². The van der Waals surface area contributed by atoms with Gasteiger partial charge in [-0.25, -0.2) is 13.2 Å². The number of anilines is 1. The van der Waals surface area contributed by atoms with Crippen LogP contribution in [0.1, 0.15) is 26.5 Å². The van der Waals surface area contributed by atoms with Crippen molar-refractivity contribution in [1.29, 1.82) is 0 Å². The number of carbonyl (C=O) groups excluding carboxylic acids is 2. The third-order valence-electron chi connectivity index (χ3n) is 6.01. The van der Waals surface area contributed by atoms with Crippen LogP contribution in [0, 0.1) is 6.92 Å². The van der Waals surface area contributed by atoms with Crippen molar-refractivity contribution in [2.45, 2.75) is 11.8 Å². The highest BCUT2D eigenvalue weighted by Crippen LogP contribution is 2.34. The fourth-order valence-electron chi connectivity index (χ4n) is 4.20. The normalized spacial score (nSPS) is 11.5. The molecule has 186 valence electrons. The molecule has 0 atom stereocenters. The Bertz CT molecular complexity index is 1790. The number of esters is 1. The maximum Gasteiger partial charge on any atom is 0.342 e. The summed E-state index contributed by atoms with van der Waals surface area (Å²) < 4.78 is 39.3. The van der Waals surface area contributed by atoms with Crippen LogP contribution >= 0.6 is 11.6 Å². The molecule has 1 amide bonds. The van der Waals surface area contributed by atoms with Gasteiger partial charge in [0.2, 0.25) is 0 Å². The maximum atomic E-state index is 14.0. The number of hydrogen-bond acceptors (Lipinski definition) is 6. The molecule has 1 aromatic heterocycles. The molecule has 7 nitrogen and oxygen atoms in total. The number of aryl methyl sites for hydroxylation is 1. The topological polar surface area (TPSA) is 93.9 Å². The second-order valence-corrected chi connectivity index (χ2v) is 10.5. The Labute approximate surface area is 217 Å². The summed E-state index contributed by atoms with van der Waals surface area (Å²) in [6.07, 6.45) is 0. The standard InChI is InChI=1S/C28H20ClNO6S/c1-17-26(28(32)35-2)24-16-22(12-14-25(24)36-17)30(27(31)19-7-10-21(29)11-8-19)37(33,34)23-13-9-18-5-3-4-6-20(18)15-23/h3-16H,1-2H3. The van der Waals surface area contributed by atoms with Gasteiger partial charge in [0.1, 0.15) is 16.9 Å². The summed E-state index contributed by atoms with van der Waals surface area (Å²) in [6, 6.07) is 22.3. The largest absolute Gasteiger partial charge is 0.465 e.